The minimum absolute atomic E-state index is 0.0244. The van der Waals surface area contributed by atoms with Crippen LogP contribution in [-0.2, 0) is 10.0 Å². The first-order valence-electron chi connectivity index (χ1n) is 7.54. The molecule has 0 spiro atoms. The lowest BCUT2D eigenvalue weighted by Crippen LogP contribution is -2.34. The second-order valence-corrected chi connectivity index (χ2v) is 7.50. The standard InChI is InChI=1S/C16H22N2O2S/c17-12-6-7-13-21(19,20)18-16(15-10-4-5-11-15)14-8-2-1-3-9-14/h1-3,8-9,15-16,18H,4-7,10-11,13H2/t16-/m1/s1. The fourth-order valence-corrected chi connectivity index (χ4v) is 4.34. The van der Waals surface area contributed by atoms with Gasteiger partial charge in [-0.15, -0.1) is 0 Å². The van der Waals surface area contributed by atoms with E-state index in [-0.39, 0.29) is 18.2 Å². The van der Waals surface area contributed by atoms with Crippen molar-refractivity contribution in [1.82, 2.24) is 4.72 Å². The lowest BCUT2D eigenvalue weighted by molar-refractivity contribution is 0.410. The van der Waals surface area contributed by atoms with E-state index in [2.05, 4.69) is 4.72 Å². The highest BCUT2D eigenvalue weighted by Gasteiger charge is 2.29. The molecule has 1 saturated carbocycles. The zero-order valence-electron chi connectivity index (χ0n) is 12.2. The Morgan fingerprint density at radius 1 is 1.24 bits per heavy atom. The predicted molar refractivity (Wildman–Crippen MR) is 82.9 cm³/mol. The fraction of sp³-hybridized carbons (Fsp3) is 0.562. The Morgan fingerprint density at radius 2 is 1.90 bits per heavy atom. The molecule has 1 aromatic rings. The number of sulfonamides is 1. The number of nitriles is 1. The van der Waals surface area contributed by atoms with Gasteiger partial charge in [-0.25, -0.2) is 13.1 Å². The first-order chi connectivity index (χ1) is 10.1. The van der Waals surface area contributed by atoms with E-state index in [1.54, 1.807) is 0 Å². The van der Waals surface area contributed by atoms with Gasteiger partial charge in [-0.2, -0.15) is 5.26 Å². The summed E-state index contributed by atoms with van der Waals surface area (Å²) in [4.78, 5) is 0. The summed E-state index contributed by atoms with van der Waals surface area (Å²) in [5.74, 6) is 0.398. The van der Waals surface area contributed by atoms with Crippen LogP contribution >= 0.6 is 0 Å². The van der Waals surface area contributed by atoms with Gasteiger partial charge in [0.25, 0.3) is 0 Å². The van der Waals surface area contributed by atoms with Gasteiger partial charge in [0.05, 0.1) is 11.8 Å². The van der Waals surface area contributed by atoms with Crippen LogP contribution in [0, 0.1) is 17.2 Å². The minimum atomic E-state index is -3.34. The topological polar surface area (TPSA) is 70.0 Å². The summed E-state index contributed by atoms with van der Waals surface area (Å²) in [6.07, 6.45) is 5.15. The van der Waals surface area contributed by atoms with E-state index in [4.69, 9.17) is 5.26 Å². The summed E-state index contributed by atoms with van der Waals surface area (Å²) in [7, 11) is -3.34. The van der Waals surface area contributed by atoms with Crippen LogP contribution in [-0.4, -0.2) is 14.2 Å². The van der Waals surface area contributed by atoms with E-state index < -0.39 is 10.0 Å². The van der Waals surface area contributed by atoms with Crippen LogP contribution in [0.2, 0.25) is 0 Å². The van der Waals surface area contributed by atoms with Gasteiger partial charge in [-0.1, -0.05) is 43.2 Å². The van der Waals surface area contributed by atoms with E-state index in [1.165, 1.54) is 12.8 Å². The van der Waals surface area contributed by atoms with E-state index >= 15 is 0 Å². The summed E-state index contributed by atoms with van der Waals surface area (Å²) in [5, 5.41) is 8.53. The zero-order chi connectivity index (χ0) is 15.1. The van der Waals surface area contributed by atoms with E-state index in [0.717, 1.165) is 18.4 Å². The third-order valence-corrected chi connectivity index (χ3v) is 5.48. The van der Waals surface area contributed by atoms with Crippen LogP contribution in [0.15, 0.2) is 30.3 Å². The van der Waals surface area contributed by atoms with Crippen LogP contribution in [0.1, 0.15) is 50.1 Å². The first kappa shape index (κ1) is 16.0. The molecule has 0 aromatic heterocycles. The molecule has 0 bridgehead atoms. The van der Waals surface area contributed by atoms with Crippen LogP contribution in [0.5, 0.6) is 0 Å². The predicted octanol–water partition coefficient (Wildman–Crippen LogP) is 3.14. The zero-order valence-corrected chi connectivity index (χ0v) is 13.0. The number of unbranched alkanes of at least 4 members (excludes halogenated alkanes) is 1. The van der Waals surface area contributed by atoms with E-state index in [1.807, 2.05) is 36.4 Å². The van der Waals surface area contributed by atoms with Gasteiger partial charge in [-0.3, -0.25) is 0 Å². The second-order valence-electron chi connectivity index (χ2n) is 5.63. The second kappa shape index (κ2) is 7.58. The molecule has 0 aliphatic heterocycles. The molecule has 0 amide bonds. The molecule has 0 saturated heterocycles. The van der Waals surface area contributed by atoms with Crippen LogP contribution in [0.4, 0.5) is 0 Å². The van der Waals surface area contributed by atoms with Crippen molar-refractivity contribution in [3.05, 3.63) is 35.9 Å². The molecule has 1 aliphatic carbocycles. The van der Waals surface area contributed by atoms with Crippen molar-refractivity contribution in [2.45, 2.75) is 44.6 Å². The number of nitrogens with one attached hydrogen (secondary N) is 1. The van der Waals surface area contributed by atoms with Crippen molar-refractivity contribution >= 4 is 10.0 Å². The molecular weight excluding hydrogens is 284 g/mol. The summed E-state index contributed by atoms with van der Waals surface area (Å²) >= 11 is 0. The minimum Gasteiger partial charge on any atom is -0.212 e. The quantitative estimate of drug-likeness (QED) is 0.787. The Labute approximate surface area is 127 Å². The molecule has 0 unspecified atom stereocenters. The SMILES string of the molecule is N#CCCCS(=O)(=O)N[C@H](c1ccccc1)C1CCCC1. The van der Waals surface area contributed by atoms with Crippen molar-refractivity contribution in [2.75, 3.05) is 5.75 Å². The molecule has 1 aliphatic rings. The van der Waals surface area contributed by atoms with E-state index in [9.17, 15) is 8.42 Å². The normalized spacial score (nSPS) is 17.5. The highest BCUT2D eigenvalue weighted by Crippen LogP contribution is 2.36. The number of benzene rings is 1. The van der Waals surface area contributed by atoms with Crippen LogP contribution in [0.25, 0.3) is 0 Å². The number of nitrogens with zero attached hydrogens (tertiary/aromatic N) is 1. The fourth-order valence-electron chi connectivity index (χ4n) is 2.98. The summed E-state index contributed by atoms with van der Waals surface area (Å²) in [5.41, 5.74) is 1.04. The van der Waals surface area contributed by atoms with Gasteiger partial charge in [0.1, 0.15) is 0 Å². The molecular formula is C16H22N2O2S. The van der Waals surface area contributed by atoms with Crippen molar-refractivity contribution in [3.8, 4) is 6.07 Å². The van der Waals surface area contributed by atoms with Crippen molar-refractivity contribution in [3.63, 3.8) is 0 Å². The summed E-state index contributed by atoms with van der Waals surface area (Å²) in [6.45, 7) is 0. The number of hydrogen-bond acceptors (Lipinski definition) is 3. The van der Waals surface area contributed by atoms with Gasteiger partial charge in [0.2, 0.25) is 10.0 Å². The van der Waals surface area contributed by atoms with Crippen molar-refractivity contribution < 1.29 is 8.42 Å². The third-order valence-electron chi connectivity index (χ3n) is 4.04. The highest BCUT2D eigenvalue weighted by atomic mass is 32.2. The van der Waals surface area contributed by atoms with Crippen LogP contribution < -0.4 is 4.72 Å². The molecule has 114 valence electrons. The molecule has 0 heterocycles. The Morgan fingerprint density at radius 3 is 2.52 bits per heavy atom. The largest absolute Gasteiger partial charge is 0.212 e. The van der Waals surface area contributed by atoms with Crippen molar-refractivity contribution in [1.29, 1.82) is 5.26 Å². The summed E-state index contributed by atoms with van der Waals surface area (Å²) in [6, 6.07) is 11.7. The van der Waals surface area contributed by atoms with Crippen molar-refractivity contribution in [2.24, 2.45) is 5.92 Å². The molecule has 1 N–H and O–H groups in total. The van der Waals surface area contributed by atoms with E-state index in [0.29, 0.717) is 12.3 Å². The maximum atomic E-state index is 12.2. The number of rotatable bonds is 7. The Balaban J connectivity index is 2.11. The van der Waals surface area contributed by atoms with Crippen LogP contribution in [0.3, 0.4) is 0 Å². The van der Waals surface area contributed by atoms with Gasteiger partial charge >= 0.3 is 0 Å². The average Bonchev–Trinajstić information content (AvgIpc) is 3.00. The maximum Gasteiger partial charge on any atom is 0.212 e. The lowest BCUT2D eigenvalue weighted by Gasteiger charge is -2.25. The van der Waals surface area contributed by atoms with Gasteiger partial charge in [0, 0.05) is 12.5 Å². The molecule has 1 fully saturated rings. The summed E-state index contributed by atoms with van der Waals surface area (Å²) < 4.78 is 27.3. The number of hydrogen-bond donors (Lipinski definition) is 1. The Kier molecular flexibility index (Phi) is 5.77. The lowest BCUT2D eigenvalue weighted by atomic mass is 9.93. The van der Waals surface area contributed by atoms with Gasteiger partial charge in [-0.05, 0) is 30.7 Å². The highest BCUT2D eigenvalue weighted by molar-refractivity contribution is 7.89. The molecule has 21 heavy (non-hydrogen) atoms. The maximum absolute atomic E-state index is 12.2. The molecule has 4 nitrogen and oxygen atoms in total. The third kappa shape index (κ3) is 4.83. The Bertz CT molecular complexity index is 572. The molecule has 5 heteroatoms. The smallest absolute Gasteiger partial charge is 0.212 e. The molecule has 1 atom stereocenters. The molecule has 2 rings (SSSR count). The molecule has 1 aromatic carbocycles. The monoisotopic (exact) mass is 306 g/mol. The average molecular weight is 306 g/mol. The Hall–Kier alpha value is -1.38. The first-order valence-corrected chi connectivity index (χ1v) is 9.19. The van der Waals surface area contributed by atoms with Gasteiger partial charge < -0.3 is 0 Å². The molecule has 0 radical (unpaired) electrons. The van der Waals surface area contributed by atoms with Gasteiger partial charge in [0.15, 0.2) is 0 Å².